The van der Waals surface area contributed by atoms with Crippen LogP contribution in [0.15, 0.2) is 36.8 Å². The van der Waals surface area contributed by atoms with Crippen LogP contribution in [0.5, 0.6) is 0 Å². The number of nitrogen functional groups attached to an aromatic ring is 1. The quantitative estimate of drug-likeness (QED) is 0.155. The van der Waals surface area contributed by atoms with E-state index in [-0.39, 0.29) is 12.2 Å². The summed E-state index contributed by atoms with van der Waals surface area (Å²) in [6.07, 6.45) is 19.0. The molecule has 1 saturated carbocycles. The predicted octanol–water partition coefficient (Wildman–Crippen LogP) is 6.64. The third kappa shape index (κ3) is 11.2. The summed E-state index contributed by atoms with van der Waals surface area (Å²) in [4.78, 5) is 26.9. The highest BCUT2D eigenvalue weighted by atomic mass is 16.6. The number of aromatic amines is 1. The number of H-pyrrole nitrogens is 1. The number of aromatic nitrogens is 6. The number of amides is 1. The summed E-state index contributed by atoms with van der Waals surface area (Å²) in [7, 11) is 0. The molecule has 242 valence electrons. The van der Waals surface area contributed by atoms with Gasteiger partial charge in [0.05, 0.1) is 11.9 Å². The van der Waals surface area contributed by atoms with Gasteiger partial charge in [-0.2, -0.15) is 0 Å². The Morgan fingerprint density at radius 2 is 1.84 bits per heavy atom. The number of hydrogen-bond donors (Lipinski definition) is 2. The highest BCUT2D eigenvalue weighted by Crippen LogP contribution is 2.35. The van der Waals surface area contributed by atoms with Gasteiger partial charge in [0, 0.05) is 49.8 Å². The molecule has 4 rings (SSSR count). The smallest absolute Gasteiger partial charge is 0.410 e. The van der Waals surface area contributed by atoms with E-state index in [1.807, 2.05) is 40.2 Å². The fourth-order valence-electron chi connectivity index (χ4n) is 6.34. The van der Waals surface area contributed by atoms with E-state index < -0.39 is 0 Å². The van der Waals surface area contributed by atoms with Crippen LogP contribution < -0.4 is 5.73 Å². The first-order valence-electron chi connectivity index (χ1n) is 16.9. The number of pyridine rings is 1. The van der Waals surface area contributed by atoms with Crippen molar-refractivity contribution in [1.29, 1.82) is 0 Å². The molecule has 10 heteroatoms. The van der Waals surface area contributed by atoms with Crippen LogP contribution in [0.2, 0.25) is 0 Å². The first-order chi connectivity index (χ1) is 21.4. The van der Waals surface area contributed by atoms with Gasteiger partial charge in [-0.3, -0.25) is 9.67 Å². The van der Waals surface area contributed by atoms with Crippen LogP contribution in [-0.4, -0.2) is 60.1 Å². The standard InChI is InChI=1S/C34H54N8O2/c1-26(2)31-17-16-27(3)23-32(31)44-34(43)41(22-18-28-13-9-10-19-36-28)20-11-5-4-7-15-30-25-42(40-39-30)21-12-6-8-14-29-24-37-33(35)38-29/h9-10,13,19,24-27,31-32H,4-8,11-12,14-18,20-23H2,1-3H3,(H3,35,37,38)/t27-,31+,32-/m1/s1. The monoisotopic (exact) mass is 606 g/mol. The lowest BCUT2D eigenvalue weighted by atomic mass is 9.75. The van der Waals surface area contributed by atoms with Crippen molar-refractivity contribution in [3.8, 4) is 0 Å². The third-order valence-electron chi connectivity index (χ3n) is 9.01. The molecule has 1 amide bonds. The third-order valence-corrected chi connectivity index (χ3v) is 9.01. The number of anilines is 1. The summed E-state index contributed by atoms with van der Waals surface area (Å²) in [6, 6.07) is 5.95. The molecule has 0 saturated heterocycles. The first kappa shape index (κ1) is 33.5. The van der Waals surface area contributed by atoms with Crippen LogP contribution in [0.3, 0.4) is 0 Å². The van der Waals surface area contributed by atoms with Crippen molar-refractivity contribution < 1.29 is 9.53 Å². The number of aryl methyl sites for hydroxylation is 3. The molecule has 0 unspecified atom stereocenters. The predicted molar refractivity (Wildman–Crippen MR) is 174 cm³/mol. The number of nitrogens with two attached hydrogens (primary N) is 1. The van der Waals surface area contributed by atoms with E-state index in [1.165, 1.54) is 6.42 Å². The van der Waals surface area contributed by atoms with Gasteiger partial charge < -0.3 is 20.4 Å². The zero-order valence-corrected chi connectivity index (χ0v) is 27.2. The van der Waals surface area contributed by atoms with Gasteiger partial charge in [0.25, 0.3) is 0 Å². The highest BCUT2D eigenvalue weighted by Gasteiger charge is 2.34. The normalized spacial score (nSPS) is 18.5. The van der Waals surface area contributed by atoms with Crippen molar-refractivity contribution in [2.24, 2.45) is 17.8 Å². The number of imidazole rings is 1. The van der Waals surface area contributed by atoms with Gasteiger partial charge in [0.2, 0.25) is 0 Å². The molecule has 44 heavy (non-hydrogen) atoms. The average Bonchev–Trinajstić information content (AvgIpc) is 3.64. The Bertz CT molecular complexity index is 1230. The van der Waals surface area contributed by atoms with E-state index in [4.69, 9.17) is 10.5 Å². The van der Waals surface area contributed by atoms with E-state index in [0.717, 1.165) is 101 Å². The number of ether oxygens (including phenoxy) is 1. The molecule has 0 spiro atoms. The summed E-state index contributed by atoms with van der Waals surface area (Å²) < 4.78 is 8.19. The number of nitrogens with zero attached hydrogens (tertiary/aromatic N) is 6. The van der Waals surface area contributed by atoms with E-state index in [1.54, 1.807) is 0 Å². The summed E-state index contributed by atoms with van der Waals surface area (Å²) in [5.41, 5.74) is 8.79. The summed E-state index contributed by atoms with van der Waals surface area (Å²) in [6.45, 7) is 9.02. The summed E-state index contributed by atoms with van der Waals surface area (Å²) >= 11 is 0. The fourth-order valence-corrected chi connectivity index (χ4v) is 6.34. The lowest BCUT2D eigenvalue weighted by Crippen LogP contribution is -2.41. The second-order valence-corrected chi connectivity index (χ2v) is 13.0. The fraction of sp³-hybridized carbons (Fsp3) is 0.676. The topological polar surface area (TPSA) is 128 Å². The van der Waals surface area contributed by atoms with Crippen LogP contribution >= 0.6 is 0 Å². The van der Waals surface area contributed by atoms with Gasteiger partial charge in [0.15, 0.2) is 5.95 Å². The number of carbonyl (C=O) groups is 1. The molecule has 3 N–H and O–H groups in total. The molecular weight excluding hydrogens is 552 g/mol. The zero-order valence-electron chi connectivity index (χ0n) is 27.2. The molecule has 3 atom stereocenters. The van der Waals surface area contributed by atoms with Crippen LogP contribution in [0, 0.1) is 17.8 Å². The average molecular weight is 607 g/mol. The number of hydrogen-bond acceptors (Lipinski definition) is 7. The minimum absolute atomic E-state index is 0.0128. The lowest BCUT2D eigenvalue weighted by molar-refractivity contribution is -0.0103. The Hall–Kier alpha value is -3.43. The van der Waals surface area contributed by atoms with E-state index in [0.29, 0.717) is 36.8 Å². The second kappa shape index (κ2) is 17.8. The van der Waals surface area contributed by atoms with Gasteiger partial charge >= 0.3 is 6.09 Å². The van der Waals surface area contributed by atoms with Gasteiger partial charge in [-0.1, -0.05) is 57.7 Å². The Labute approximate surface area is 263 Å². The van der Waals surface area contributed by atoms with Crippen molar-refractivity contribution >= 4 is 12.0 Å². The SMILES string of the molecule is CC(C)[C@@H]1CC[C@@H](C)C[C@H]1OC(=O)N(CCCCCCc1cn(CCCCCc2cnc(N)[nH]2)nn1)CCc1ccccn1. The Morgan fingerprint density at radius 3 is 2.61 bits per heavy atom. The van der Waals surface area contributed by atoms with E-state index in [9.17, 15) is 4.79 Å². The molecule has 1 aliphatic rings. The van der Waals surface area contributed by atoms with Crippen LogP contribution in [-0.2, 0) is 30.5 Å². The van der Waals surface area contributed by atoms with Gasteiger partial charge in [-0.15, -0.1) is 5.10 Å². The minimum Gasteiger partial charge on any atom is -0.446 e. The maximum atomic E-state index is 13.4. The van der Waals surface area contributed by atoms with Crippen molar-refractivity contribution in [2.75, 3.05) is 18.8 Å². The number of nitrogens with one attached hydrogen (secondary N) is 1. The number of unbranched alkanes of at least 4 members (excludes halogenated alkanes) is 5. The van der Waals surface area contributed by atoms with E-state index in [2.05, 4.69) is 52.2 Å². The largest absolute Gasteiger partial charge is 0.446 e. The maximum absolute atomic E-state index is 13.4. The highest BCUT2D eigenvalue weighted by molar-refractivity contribution is 5.67. The molecule has 3 heterocycles. The Kier molecular flexibility index (Phi) is 13.5. The Morgan fingerprint density at radius 1 is 1.02 bits per heavy atom. The van der Waals surface area contributed by atoms with Crippen molar-refractivity contribution in [1.82, 2.24) is 34.8 Å². The second-order valence-electron chi connectivity index (χ2n) is 13.0. The molecule has 3 aromatic heterocycles. The van der Waals surface area contributed by atoms with Crippen molar-refractivity contribution in [3.63, 3.8) is 0 Å². The lowest BCUT2D eigenvalue weighted by Gasteiger charge is -2.37. The minimum atomic E-state index is -0.159. The molecule has 1 aliphatic carbocycles. The molecular formula is C34H54N8O2. The number of carbonyl (C=O) groups excluding carboxylic acids is 1. The van der Waals surface area contributed by atoms with Crippen molar-refractivity contribution in [3.05, 3.63) is 53.9 Å². The number of rotatable bonds is 18. The van der Waals surface area contributed by atoms with Crippen molar-refractivity contribution in [2.45, 2.75) is 117 Å². The van der Waals surface area contributed by atoms with Crippen LogP contribution in [0.1, 0.15) is 102 Å². The molecule has 0 radical (unpaired) electrons. The van der Waals surface area contributed by atoms with E-state index >= 15 is 0 Å². The molecule has 1 fully saturated rings. The Balaban J connectivity index is 1.15. The van der Waals surface area contributed by atoms with Crippen LogP contribution in [0.4, 0.5) is 10.7 Å². The van der Waals surface area contributed by atoms with Gasteiger partial charge in [-0.25, -0.2) is 9.78 Å². The molecule has 0 bridgehead atoms. The molecule has 10 nitrogen and oxygen atoms in total. The van der Waals surface area contributed by atoms with Gasteiger partial charge in [-0.05, 0) is 81.3 Å². The summed E-state index contributed by atoms with van der Waals surface area (Å²) in [5, 5.41) is 8.70. The molecule has 0 aromatic carbocycles. The first-order valence-corrected chi connectivity index (χ1v) is 16.9. The van der Waals surface area contributed by atoms with Gasteiger partial charge in [0.1, 0.15) is 6.10 Å². The van der Waals surface area contributed by atoms with Crippen LogP contribution in [0.25, 0.3) is 0 Å². The zero-order chi connectivity index (χ0) is 31.1. The molecule has 3 aromatic rings. The summed E-state index contributed by atoms with van der Waals surface area (Å²) in [5.74, 6) is 2.05. The molecule has 0 aliphatic heterocycles. The maximum Gasteiger partial charge on any atom is 0.410 e.